The van der Waals surface area contributed by atoms with Crippen molar-refractivity contribution in [1.82, 2.24) is 10.2 Å². The Kier molecular flexibility index (Phi) is 6.28. The lowest BCUT2D eigenvalue weighted by Crippen LogP contribution is -2.41. The van der Waals surface area contributed by atoms with Gasteiger partial charge in [-0.1, -0.05) is 18.2 Å². The van der Waals surface area contributed by atoms with Gasteiger partial charge in [0.2, 0.25) is 0 Å². The van der Waals surface area contributed by atoms with E-state index in [1.54, 1.807) is 0 Å². The topological polar surface area (TPSA) is 64.7 Å². The number of nitrogens with zero attached hydrogens (tertiary/aromatic N) is 2. The molecule has 1 fully saturated rings. The number of aryl methyl sites for hydroxylation is 2. The van der Waals surface area contributed by atoms with E-state index in [-0.39, 0.29) is 6.04 Å². The second-order valence-corrected chi connectivity index (χ2v) is 8.78. The Morgan fingerprint density at radius 3 is 2.48 bits per heavy atom. The average Bonchev–Trinajstić information content (AvgIpc) is 3.41. The summed E-state index contributed by atoms with van der Waals surface area (Å²) >= 11 is 0. The summed E-state index contributed by atoms with van der Waals surface area (Å²) in [6.07, 6.45) is 3.40. The van der Waals surface area contributed by atoms with Crippen LogP contribution in [0.15, 0.2) is 36.4 Å². The lowest BCUT2D eigenvalue weighted by atomic mass is 10.0. The lowest BCUT2D eigenvalue weighted by Gasteiger charge is -2.28. The van der Waals surface area contributed by atoms with Crippen LogP contribution in [0.5, 0.6) is 0 Å². The fourth-order valence-corrected chi connectivity index (χ4v) is 4.58. The van der Waals surface area contributed by atoms with Crippen LogP contribution in [-0.2, 0) is 16.0 Å². The maximum Gasteiger partial charge on any atom is 0.313 e. The Balaban J connectivity index is 1.43. The highest BCUT2D eigenvalue weighted by Gasteiger charge is 2.27. The summed E-state index contributed by atoms with van der Waals surface area (Å²) < 4.78 is 0. The van der Waals surface area contributed by atoms with Gasteiger partial charge >= 0.3 is 11.8 Å². The molecule has 2 aliphatic heterocycles. The molecule has 1 atom stereocenters. The van der Waals surface area contributed by atoms with Crippen LogP contribution in [0, 0.1) is 13.8 Å². The lowest BCUT2D eigenvalue weighted by molar-refractivity contribution is -0.136. The first-order valence-electron chi connectivity index (χ1n) is 11.2. The third-order valence-corrected chi connectivity index (χ3v) is 6.62. The van der Waals surface area contributed by atoms with E-state index >= 15 is 0 Å². The van der Waals surface area contributed by atoms with Crippen LogP contribution in [0.2, 0.25) is 0 Å². The summed E-state index contributed by atoms with van der Waals surface area (Å²) in [5, 5.41) is 5.59. The maximum atomic E-state index is 12.5. The molecule has 0 spiro atoms. The summed E-state index contributed by atoms with van der Waals surface area (Å²) in [6.45, 7) is 7.51. The Hall–Kier alpha value is -2.86. The maximum absolute atomic E-state index is 12.5. The second-order valence-electron chi connectivity index (χ2n) is 8.78. The van der Waals surface area contributed by atoms with Crippen molar-refractivity contribution in [3.05, 3.63) is 58.7 Å². The fourth-order valence-electron chi connectivity index (χ4n) is 4.58. The van der Waals surface area contributed by atoms with Crippen LogP contribution >= 0.6 is 0 Å². The number of hydrogen-bond donors (Lipinski definition) is 2. The molecule has 2 aliphatic rings. The molecule has 31 heavy (non-hydrogen) atoms. The largest absolute Gasteiger partial charge is 0.374 e. The van der Waals surface area contributed by atoms with Crippen molar-refractivity contribution in [2.75, 3.05) is 43.4 Å². The summed E-state index contributed by atoms with van der Waals surface area (Å²) in [5.74, 6) is -1.22. The number of carbonyl (C=O) groups is 2. The van der Waals surface area contributed by atoms with Gasteiger partial charge in [-0.15, -0.1) is 0 Å². The fraction of sp³-hybridized carbons (Fsp3) is 0.440. The van der Waals surface area contributed by atoms with Crippen LogP contribution in [0.25, 0.3) is 0 Å². The molecular weight excluding hydrogens is 388 g/mol. The number of rotatable bonds is 5. The van der Waals surface area contributed by atoms with Gasteiger partial charge in [0.25, 0.3) is 0 Å². The summed E-state index contributed by atoms with van der Waals surface area (Å²) in [6, 6.07) is 12.4. The number of nitrogens with one attached hydrogen (secondary N) is 2. The molecule has 0 aliphatic carbocycles. The van der Waals surface area contributed by atoms with Gasteiger partial charge in [0, 0.05) is 31.5 Å². The zero-order valence-electron chi connectivity index (χ0n) is 18.7. The van der Waals surface area contributed by atoms with Crippen LogP contribution in [0.3, 0.4) is 0 Å². The highest BCUT2D eigenvalue weighted by Crippen LogP contribution is 2.32. The van der Waals surface area contributed by atoms with Gasteiger partial charge in [-0.05, 0) is 86.7 Å². The quantitative estimate of drug-likeness (QED) is 0.730. The van der Waals surface area contributed by atoms with Crippen molar-refractivity contribution >= 4 is 23.2 Å². The SMILES string of the molecule is Cc1ccc(NC(=O)C(=O)NC[C@@H](c2ccc3c(c2)CCN3C)N2CCCC2)cc1C. The van der Waals surface area contributed by atoms with Gasteiger partial charge in [-0.3, -0.25) is 14.5 Å². The smallest absolute Gasteiger partial charge is 0.313 e. The number of likely N-dealkylation sites (tertiary alicyclic amines) is 1. The highest BCUT2D eigenvalue weighted by atomic mass is 16.2. The molecule has 0 aromatic heterocycles. The zero-order valence-corrected chi connectivity index (χ0v) is 18.7. The third-order valence-electron chi connectivity index (χ3n) is 6.62. The van der Waals surface area contributed by atoms with Gasteiger partial charge < -0.3 is 15.5 Å². The van der Waals surface area contributed by atoms with E-state index in [4.69, 9.17) is 0 Å². The molecule has 2 amide bonds. The molecule has 6 heteroatoms. The van der Waals surface area contributed by atoms with Crippen molar-refractivity contribution in [1.29, 1.82) is 0 Å². The highest BCUT2D eigenvalue weighted by molar-refractivity contribution is 6.39. The number of amides is 2. The Morgan fingerprint density at radius 1 is 0.968 bits per heavy atom. The molecule has 0 bridgehead atoms. The number of likely N-dealkylation sites (N-methyl/N-ethyl adjacent to an activating group) is 1. The molecular formula is C25H32N4O2. The molecule has 1 saturated heterocycles. The van der Waals surface area contributed by atoms with Gasteiger partial charge in [0.05, 0.1) is 6.04 Å². The Morgan fingerprint density at radius 2 is 1.74 bits per heavy atom. The van der Waals surface area contributed by atoms with Gasteiger partial charge in [0.15, 0.2) is 0 Å². The number of carbonyl (C=O) groups excluding carboxylic acids is 2. The Bertz CT molecular complexity index is 981. The standard InChI is InChI=1S/C25H32N4O2/c1-17-6-8-21(14-18(17)2)27-25(31)24(30)26-16-23(29-11-4-5-12-29)19-7-9-22-20(15-19)10-13-28(22)3/h6-9,14-15,23H,4-5,10-13,16H2,1-3H3,(H,26,30)(H,27,31)/t23-/m0/s1. The molecule has 0 unspecified atom stereocenters. The van der Waals surface area contributed by atoms with E-state index in [0.29, 0.717) is 12.2 Å². The summed E-state index contributed by atoms with van der Waals surface area (Å²) in [5.41, 5.74) is 6.74. The number of fused-ring (bicyclic) bond motifs is 1. The molecule has 0 saturated carbocycles. The van der Waals surface area contributed by atoms with Crippen LogP contribution in [0.4, 0.5) is 11.4 Å². The second kappa shape index (κ2) is 9.10. The van der Waals surface area contributed by atoms with Crippen LogP contribution in [-0.4, -0.2) is 49.9 Å². The minimum absolute atomic E-state index is 0.0806. The molecule has 2 aromatic rings. The molecule has 2 aromatic carbocycles. The van der Waals surface area contributed by atoms with Crippen molar-refractivity contribution in [3.8, 4) is 0 Å². The van der Waals surface area contributed by atoms with E-state index in [2.05, 4.69) is 45.7 Å². The number of anilines is 2. The number of benzene rings is 2. The Labute approximate surface area is 184 Å². The van der Waals surface area contributed by atoms with Crippen molar-refractivity contribution < 1.29 is 9.59 Å². The molecule has 164 valence electrons. The van der Waals surface area contributed by atoms with Crippen molar-refractivity contribution in [2.24, 2.45) is 0 Å². The monoisotopic (exact) mass is 420 g/mol. The minimum Gasteiger partial charge on any atom is -0.374 e. The normalized spacial score (nSPS) is 16.8. The van der Waals surface area contributed by atoms with Gasteiger partial charge in [0.1, 0.15) is 0 Å². The molecule has 6 nitrogen and oxygen atoms in total. The van der Waals surface area contributed by atoms with E-state index in [1.165, 1.54) is 29.7 Å². The average molecular weight is 421 g/mol. The predicted molar refractivity (Wildman–Crippen MR) is 125 cm³/mol. The third kappa shape index (κ3) is 4.74. The predicted octanol–water partition coefficient (Wildman–Crippen LogP) is 3.19. The van der Waals surface area contributed by atoms with Crippen molar-refractivity contribution in [2.45, 2.75) is 39.2 Å². The summed E-state index contributed by atoms with van der Waals surface area (Å²) in [7, 11) is 2.12. The summed E-state index contributed by atoms with van der Waals surface area (Å²) in [4.78, 5) is 29.7. The minimum atomic E-state index is -0.626. The van der Waals surface area contributed by atoms with E-state index < -0.39 is 11.8 Å². The first kappa shape index (κ1) is 21.4. The first-order chi connectivity index (χ1) is 14.9. The van der Waals surface area contributed by atoms with Gasteiger partial charge in [-0.2, -0.15) is 0 Å². The first-order valence-corrected chi connectivity index (χ1v) is 11.2. The van der Waals surface area contributed by atoms with E-state index in [9.17, 15) is 9.59 Å². The zero-order chi connectivity index (χ0) is 22.0. The number of hydrogen-bond acceptors (Lipinski definition) is 4. The van der Waals surface area contributed by atoms with E-state index in [1.807, 2.05) is 32.0 Å². The van der Waals surface area contributed by atoms with Crippen LogP contribution in [0.1, 0.15) is 41.1 Å². The van der Waals surface area contributed by atoms with Crippen molar-refractivity contribution in [3.63, 3.8) is 0 Å². The van der Waals surface area contributed by atoms with E-state index in [0.717, 1.165) is 37.2 Å². The molecule has 0 radical (unpaired) electrons. The molecule has 4 rings (SSSR count). The van der Waals surface area contributed by atoms with Gasteiger partial charge in [-0.25, -0.2) is 0 Å². The van der Waals surface area contributed by atoms with Crippen LogP contribution < -0.4 is 15.5 Å². The molecule has 2 N–H and O–H groups in total. The molecule has 2 heterocycles.